The highest BCUT2D eigenvalue weighted by atomic mass is 16.3. The molecule has 0 spiro atoms. The molecule has 0 amide bonds. The third-order valence-electron chi connectivity index (χ3n) is 3.67. The van der Waals surface area contributed by atoms with Gasteiger partial charge in [-0.05, 0) is 29.8 Å². The first-order valence-corrected chi connectivity index (χ1v) is 6.86. The standard InChI is InChI=1S/C19H13NO/c1-2-13-8-11-18-16(12-13)15-9-10-17(20-19(15)21-18)14-6-4-3-5-7-14/h2-12H,1H2. The van der Waals surface area contributed by atoms with Gasteiger partial charge in [-0.2, -0.15) is 0 Å². The molecule has 0 radical (unpaired) electrons. The van der Waals surface area contributed by atoms with Crippen LogP contribution in [0.2, 0.25) is 0 Å². The fourth-order valence-corrected chi connectivity index (χ4v) is 2.57. The van der Waals surface area contributed by atoms with Gasteiger partial charge in [0.1, 0.15) is 5.58 Å². The molecule has 2 heteroatoms. The highest BCUT2D eigenvalue weighted by Gasteiger charge is 2.09. The minimum absolute atomic E-state index is 0.674. The van der Waals surface area contributed by atoms with E-state index in [0.717, 1.165) is 33.2 Å². The van der Waals surface area contributed by atoms with Gasteiger partial charge in [0, 0.05) is 16.3 Å². The molecule has 0 unspecified atom stereocenters. The molecular formula is C19H13NO. The van der Waals surface area contributed by atoms with Crippen molar-refractivity contribution in [1.82, 2.24) is 4.98 Å². The van der Waals surface area contributed by atoms with E-state index >= 15 is 0 Å². The molecule has 21 heavy (non-hydrogen) atoms. The molecule has 2 heterocycles. The zero-order valence-corrected chi connectivity index (χ0v) is 11.4. The Hall–Kier alpha value is -2.87. The predicted octanol–water partition coefficient (Wildman–Crippen LogP) is 5.29. The molecule has 0 aliphatic heterocycles. The molecule has 2 nitrogen and oxygen atoms in total. The number of fused-ring (bicyclic) bond motifs is 3. The smallest absolute Gasteiger partial charge is 0.227 e. The van der Waals surface area contributed by atoms with Gasteiger partial charge in [0.15, 0.2) is 0 Å². The Labute approximate surface area is 122 Å². The molecule has 0 atom stereocenters. The highest BCUT2D eigenvalue weighted by molar-refractivity contribution is 6.04. The average Bonchev–Trinajstić information content (AvgIpc) is 2.92. The van der Waals surface area contributed by atoms with Gasteiger partial charge in [-0.3, -0.25) is 0 Å². The lowest BCUT2D eigenvalue weighted by Crippen LogP contribution is -1.82. The van der Waals surface area contributed by atoms with E-state index in [2.05, 4.69) is 23.7 Å². The highest BCUT2D eigenvalue weighted by Crippen LogP contribution is 2.30. The van der Waals surface area contributed by atoms with Crippen molar-refractivity contribution >= 4 is 28.1 Å². The third-order valence-corrected chi connectivity index (χ3v) is 3.67. The van der Waals surface area contributed by atoms with Crippen molar-refractivity contribution in [2.24, 2.45) is 0 Å². The molecule has 2 aromatic heterocycles. The Morgan fingerprint density at radius 2 is 1.76 bits per heavy atom. The first kappa shape index (κ1) is 11.9. The summed E-state index contributed by atoms with van der Waals surface area (Å²) in [5.41, 5.74) is 4.62. The molecule has 100 valence electrons. The number of benzene rings is 2. The van der Waals surface area contributed by atoms with Crippen LogP contribution in [0.1, 0.15) is 5.56 Å². The molecule has 0 aliphatic carbocycles. The van der Waals surface area contributed by atoms with Crippen LogP contribution in [0, 0.1) is 0 Å². The first-order valence-electron chi connectivity index (χ1n) is 6.86. The Kier molecular flexibility index (Phi) is 2.61. The van der Waals surface area contributed by atoms with Gasteiger partial charge in [-0.25, -0.2) is 4.98 Å². The maximum absolute atomic E-state index is 5.87. The van der Waals surface area contributed by atoms with Crippen molar-refractivity contribution in [3.63, 3.8) is 0 Å². The summed E-state index contributed by atoms with van der Waals surface area (Å²) in [7, 11) is 0. The van der Waals surface area contributed by atoms with E-state index in [1.54, 1.807) is 0 Å². The fourth-order valence-electron chi connectivity index (χ4n) is 2.57. The lowest BCUT2D eigenvalue weighted by molar-refractivity contribution is 0.654. The van der Waals surface area contributed by atoms with Crippen molar-refractivity contribution in [2.45, 2.75) is 0 Å². The maximum atomic E-state index is 5.87. The SMILES string of the molecule is C=Cc1ccc2oc3nc(-c4ccccc4)ccc3c2c1. The second kappa shape index (κ2) is 4.60. The van der Waals surface area contributed by atoms with Gasteiger partial charge >= 0.3 is 0 Å². The van der Waals surface area contributed by atoms with E-state index in [0.29, 0.717) is 5.71 Å². The quantitative estimate of drug-likeness (QED) is 0.495. The summed E-state index contributed by atoms with van der Waals surface area (Å²) in [6.45, 7) is 3.81. The normalized spacial score (nSPS) is 11.0. The van der Waals surface area contributed by atoms with Crippen LogP contribution >= 0.6 is 0 Å². The molecule has 4 aromatic rings. The van der Waals surface area contributed by atoms with Crippen molar-refractivity contribution in [2.75, 3.05) is 0 Å². The molecule has 2 aromatic carbocycles. The Balaban J connectivity index is 1.97. The topological polar surface area (TPSA) is 26.0 Å². The van der Waals surface area contributed by atoms with Crippen LogP contribution in [0.25, 0.3) is 39.4 Å². The predicted molar refractivity (Wildman–Crippen MR) is 87.0 cm³/mol. The number of rotatable bonds is 2. The van der Waals surface area contributed by atoms with Gasteiger partial charge in [0.2, 0.25) is 5.71 Å². The van der Waals surface area contributed by atoms with E-state index in [4.69, 9.17) is 4.42 Å². The molecule has 4 rings (SSSR count). The van der Waals surface area contributed by atoms with Gasteiger partial charge in [0.25, 0.3) is 0 Å². The lowest BCUT2D eigenvalue weighted by Gasteiger charge is -1.99. The van der Waals surface area contributed by atoms with Crippen molar-refractivity contribution in [1.29, 1.82) is 0 Å². The van der Waals surface area contributed by atoms with Crippen LogP contribution < -0.4 is 0 Å². The summed E-state index contributed by atoms with van der Waals surface area (Å²) in [4.78, 5) is 4.65. The van der Waals surface area contributed by atoms with E-state index in [1.807, 2.05) is 54.6 Å². The molecule has 0 fully saturated rings. The molecule has 0 aliphatic rings. The summed E-state index contributed by atoms with van der Waals surface area (Å²) in [6, 6.07) is 20.3. The minimum Gasteiger partial charge on any atom is -0.438 e. The summed E-state index contributed by atoms with van der Waals surface area (Å²) < 4.78 is 5.87. The zero-order chi connectivity index (χ0) is 14.2. The minimum atomic E-state index is 0.674. The second-order valence-electron chi connectivity index (χ2n) is 4.98. The number of nitrogens with zero attached hydrogens (tertiary/aromatic N) is 1. The maximum Gasteiger partial charge on any atom is 0.227 e. The number of aromatic nitrogens is 1. The Bertz CT molecular complexity index is 951. The Morgan fingerprint density at radius 3 is 2.57 bits per heavy atom. The number of pyridine rings is 1. The van der Waals surface area contributed by atoms with Crippen molar-refractivity contribution in [3.05, 3.63) is 72.8 Å². The molecule has 0 N–H and O–H groups in total. The van der Waals surface area contributed by atoms with Gasteiger partial charge in [0.05, 0.1) is 5.69 Å². The van der Waals surface area contributed by atoms with Gasteiger partial charge < -0.3 is 4.42 Å². The fraction of sp³-hybridized carbons (Fsp3) is 0. The van der Waals surface area contributed by atoms with Crippen molar-refractivity contribution in [3.8, 4) is 11.3 Å². The van der Waals surface area contributed by atoms with E-state index < -0.39 is 0 Å². The van der Waals surface area contributed by atoms with Gasteiger partial charge in [-0.15, -0.1) is 0 Å². The van der Waals surface area contributed by atoms with Gasteiger partial charge in [-0.1, -0.05) is 49.1 Å². The van der Waals surface area contributed by atoms with Crippen LogP contribution in [0.3, 0.4) is 0 Å². The lowest BCUT2D eigenvalue weighted by atomic mass is 10.1. The molecule has 0 saturated heterocycles. The zero-order valence-electron chi connectivity index (χ0n) is 11.4. The number of furan rings is 1. The summed E-state index contributed by atoms with van der Waals surface area (Å²) in [5, 5.41) is 2.11. The molecule has 0 saturated carbocycles. The Morgan fingerprint density at radius 1 is 0.905 bits per heavy atom. The van der Waals surface area contributed by atoms with E-state index in [9.17, 15) is 0 Å². The molecule has 0 bridgehead atoms. The van der Waals surface area contributed by atoms with Crippen LogP contribution in [0.15, 0.2) is 71.7 Å². The van der Waals surface area contributed by atoms with Crippen LogP contribution in [0.5, 0.6) is 0 Å². The van der Waals surface area contributed by atoms with Crippen LogP contribution in [-0.4, -0.2) is 4.98 Å². The summed E-state index contributed by atoms with van der Waals surface area (Å²) >= 11 is 0. The largest absolute Gasteiger partial charge is 0.438 e. The van der Waals surface area contributed by atoms with Crippen LogP contribution in [0.4, 0.5) is 0 Å². The first-order chi connectivity index (χ1) is 10.3. The third kappa shape index (κ3) is 1.93. The van der Waals surface area contributed by atoms with Crippen LogP contribution in [-0.2, 0) is 0 Å². The van der Waals surface area contributed by atoms with E-state index in [1.165, 1.54) is 0 Å². The molecular weight excluding hydrogens is 258 g/mol. The monoisotopic (exact) mass is 271 g/mol. The van der Waals surface area contributed by atoms with Crippen molar-refractivity contribution < 1.29 is 4.42 Å². The number of hydrogen-bond donors (Lipinski definition) is 0. The average molecular weight is 271 g/mol. The summed E-state index contributed by atoms with van der Waals surface area (Å²) in [5.74, 6) is 0. The van der Waals surface area contributed by atoms with E-state index in [-0.39, 0.29) is 0 Å². The second-order valence-corrected chi connectivity index (χ2v) is 4.98. The number of hydrogen-bond acceptors (Lipinski definition) is 2. The summed E-state index contributed by atoms with van der Waals surface area (Å²) in [6.07, 6.45) is 1.84.